The molecule has 1 fully saturated rings. The molecule has 18 heavy (non-hydrogen) atoms. The third kappa shape index (κ3) is 1.84. The van der Waals surface area contributed by atoms with E-state index in [0.717, 1.165) is 6.07 Å². The number of anilines is 1. The number of carbonyl (C=O) groups excluding carboxylic acids is 3. The Balaban J connectivity index is 2.53. The second-order valence-corrected chi connectivity index (χ2v) is 4.17. The van der Waals surface area contributed by atoms with Crippen molar-refractivity contribution in [2.24, 2.45) is 5.92 Å². The van der Waals surface area contributed by atoms with Crippen molar-refractivity contribution in [3.8, 4) is 0 Å². The number of amides is 4. The Bertz CT molecular complexity index is 541. The first-order valence-corrected chi connectivity index (χ1v) is 5.44. The Morgan fingerprint density at radius 2 is 2.00 bits per heavy atom. The van der Waals surface area contributed by atoms with Crippen LogP contribution in [0.2, 0.25) is 5.02 Å². The number of imide groups is 2. The molecule has 5 nitrogen and oxygen atoms in total. The lowest BCUT2D eigenvalue weighted by Crippen LogP contribution is -2.57. The van der Waals surface area contributed by atoms with Crippen LogP contribution < -0.4 is 10.2 Å². The highest BCUT2D eigenvalue weighted by atomic mass is 35.5. The predicted octanol–water partition coefficient (Wildman–Crippen LogP) is 1.70. The van der Waals surface area contributed by atoms with Crippen LogP contribution in [0.5, 0.6) is 0 Å². The number of para-hydroxylation sites is 1. The summed E-state index contributed by atoms with van der Waals surface area (Å²) in [5.41, 5.74) is -0.346. The third-order valence-corrected chi connectivity index (χ3v) is 2.88. The van der Waals surface area contributed by atoms with E-state index in [1.54, 1.807) is 0 Å². The van der Waals surface area contributed by atoms with Gasteiger partial charge in [-0.05, 0) is 19.1 Å². The van der Waals surface area contributed by atoms with Gasteiger partial charge in [0.2, 0.25) is 11.8 Å². The van der Waals surface area contributed by atoms with Crippen LogP contribution in [0.4, 0.5) is 14.9 Å². The van der Waals surface area contributed by atoms with Crippen LogP contribution in [0.1, 0.15) is 6.92 Å². The fraction of sp³-hybridized carbons (Fsp3) is 0.182. The first kappa shape index (κ1) is 12.5. The molecule has 1 aliphatic heterocycles. The van der Waals surface area contributed by atoms with Crippen molar-refractivity contribution in [3.63, 3.8) is 0 Å². The molecule has 1 aliphatic rings. The van der Waals surface area contributed by atoms with Crippen molar-refractivity contribution in [1.82, 2.24) is 5.32 Å². The van der Waals surface area contributed by atoms with Gasteiger partial charge in [0.15, 0.2) is 0 Å². The molecule has 1 unspecified atom stereocenters. The highest BCUT2D eigenvalue weighted by molar-refractivity contribution is 6.36. The summed E-state index contributed by atoms with van der Waals surface area (Å²) < 4.78 is 13.7. The Morgan fingerprint density at radius 3 is 2.61 bits per heavy atom. The molecule has 0 aliphatic carbocycles. The molecule has 1 N–H and O–H groups in total. The summed E-state index contributed by atoms with van der Waals surface area (Å²) in [7, 11) is 0. The van der Waals surface area contributed by atoms with E-state index in [1.165, 1.54) is 19.1 Å². The summed E-state index contributed by atoms with van der Waals surface area (Å²) in [6.07, 6.45) is 0. The molecule has 94 valence electrons. The third-order valence-electron chi connectivity index (χ3n) is 2.58. The largest absolute Gasteiger partial charge is 0.335 e. The molecule has 1 saturated heterocycles. The molecular weight excluding hydrogens is 263 g/mol. The van der Waals surface area contributed by atoms with Gasteiger partial charge in [0.05, 0.1) is 5.02 Å². The topological polar surface area (TPSA) is 66.5 Å². The number of nitrogens with one attached hydrogen (secondary N) is 1. The maximum atomic E-state index is 13.7. The number of hydrogen-bond donors (Lipinski definition) is 1. The number of nitrogens with zero attached hydrogens (tertiary/aromatic N) is 1. The minimum absolute atomic E-state index is 0.0833. The summed E-state index contributed by atoms with van der Waals surface area (Å²) in [4.78, 5) is 35.3. The summed E-state index contributed by atoms with van der Waals surface area (Å²) in [6, 6.07) is 2.77. The molecule has 1 atom stereocenters. The molecule has 2 rings (SSSR count). The van der Waals surface area contributed by atoms with Crippen LogP contribution >= 0.6 is 11.6 Å². The molecule has 0 radical (unpaired) electrons. The summed E-state index contributed by atoms with van der Waals surface area (Å²) >= 11 is 5.78. The van der Waals surface area contributed by atoms with Gasteiger partial charge >= 0.3 is 6.03 Å². The first-order valence-electron chi connectivity index (χ1n) is 5.06. The Morgan fingerprint density at radius 1 is 1.33 bits per heavy atom. The second-order valence-electron chi connectivity index (χ2n) is 3.76. The molecule has 0 bridgehead atoms. The molecule has 7 heteroatoms. The van der Waals surface area contributed by atoms with Gasteiger partial charge in [-0.15, -0.1) is 0 Å². The van der Waals surface area contributed by atoms with Crippen LogP contribution in [-0.4, -0.2) is 17.8 Å². The van der Waals surface area contributed by atoms with Crippen LogP contribution in [0, 0.1) is 11.7 Å². The number of benzene rings is 1. The summed E-state index contributed by atoms with van der Waals surface area (Å²) in [5.74, 6) is -3.41. The van der Waals surface area contributed by atoms with Gasteiger partial charge in [0, 0.05) is 0 Å². The fourth-order valence-corrected chi connectivity index (χ4v) is 1.84. The Labute approximate surface area is 107 Å². The van der Waals surface area contributed by atoms with Gasteiger partial charge in [-0.2, -0.15) is 0 Å². The van der Waals surface area contributed by atoms with Crippen LogP contribution in [0.15, 0.2) is 18.2 Å². The van der Waals surface area contributed by atoms with E-state index in [0.29, 0.717) is 4.90 Å². The molecule has 0 spiro atoms. The van der Waals surface area contributed by atoms with Gasteiger partial charge < -0.3 is 0 Å². The van der Waals surface area contributed by atoms with Gasteiger partial charge in [-0.1, -0.05) is 17.7 Å². The zero-order valence-electron chi connectivity index (χ0n) is 9.24. The van der Waals surface area contributed by atoms with Crippen molar-refractivity contribution in [1.29, 1.82) is 0 Å². The van der Waals surface area contributed by atoms with E-state index in [9.17, 15) is 18.8 Å². The van der Waals surface area contributed by atoms with E-state index in [4.69, 9.17) is 11.6 Å². The smallest absolute Gasteiger partial charge is 0.277 e. The SMILES string of the molecule is CC1C(=O)NC(=O)N(c2c(F)cccc2Cl)C1=O. The maximum absolute atomic E-state index is 13.7. The summed E-state index contributed by atoms with van der Waals surface area (Å²) in [5, 5.41) is 1.88. The van der Waals surface area contributed by atoms with E-state index in [1.807, 2.05) is 5.32 Å². The molecular formula is C11H8ClFN2O3. The van der Waals surface area contributed by atoms with E-state index >= 15 is 0 Å². The van der Waals surface area contributed by atoms with Gasteiger partial charge in [-0.3, -0.25) is 14.9 Å². The monoisotopic (exact) mass is 270 g/mol. The van der Waals surface area contributed by atoms with Crippen LogP contribution in [0.3, 0.4) is 0 Å². The molecule has 1 aromatic carbocycles. The Kier molecular flexibility index (Phi) is 3.04. The Hall–Kier alpha value is -1.95. The lowest BCUT2D eigenvalue weighted by atomic mass is 10.1. The minimum atomic E-state index is -1.07. The van der Waals surface area contributed by atoms with Crippen molar-refractivity contribution >= 4 is 35.1 Å². The second kappa shape index (κ2) is 4.38. The normalized spacial score (nSPS) is 20.1. The number of rotatable bonds is 1. The van der Waals surface area contributed by atoms with Gasteiger partial charge in [0.25, 0.3) is 0 Å². The van der Waals surface area contributed by atoms with Crippen molar-refractivity contribution in [2.75, 3.05) is 4.90 Å². The molecule has 1 aromatic rings. The lowest BCUT2D eigenvalue weighted by molar-refractivity contribution is -0.133. The lowest BCUT2D eigenvalue weighted by Gasteiger charge is -2.29. The van der Waals surface area contributed by atoms with E-state index < -0.39 is 29.6 Å². The number of barbiturate groups is 1. The maximum Gasteiger partial charge on any atom is 0.335 e. The minimum Gasteiger partial charge on any atom is -0.277 e. The van der Waals surface area contributed by atoms with Crippen molar-refractivity contribution < 1.29 is 18.8 Å². The van der Waals surface area contributed by atoms with E-state index in [2.05, 4.69) is 0 Å². The highest BCUT2D eigenvalue weighted by Gasteiger charge is 2.40. The zero-order chi connectivity index (χ0) is 13.4. The van der Waals surface area contributed by atoms with Crippen LogP contribution in [-0.2, 0) is 9.59 Å². The highest BCUT2D eigenvalue weighted by Crippen LogP contribution is 2.31. The zero-order valence-corrected chi connectivity index (χ0v) is 9.99. The number of halogens is 2. The average Bonchev–Trinajstić information content (AvgIpc) is 2.30. The van der Waals surface area contributed by atoms with E-state index in [-0.39, 0.29) is 10.7 Å². The average molecular weight is 271 g/mol. The molecule has 1 heterocycles. The standard InChI is InChI=1S/C11H8ClFN2O3/c1-5-9(16)14-11(18)15(10(5)17)8-6(12)3-2-4-7(8)13/h2-5H,1H3,(H,14,16,18). The van der Waals surface area contributed by atoms with Crippen molar-refractivity contribution in [2.45, 2.75) is 6.92 Å². The molecule has 4 amide bonds. The van der Waals surface area contributed by atoms with Crippen LogP contribution in [0.25, 0.3) is 0 Å². The first-order chi connectivity index (χ1) is 8.43. The number of hydrogen-bond acceptors (Lipinski definition) is 3. The molecule has 0 saturated carbocycles. The fourth-order valence-electron chi connectivity index (χ4n) is 1.59. The van der Waals surface area contributed by atoms with Crippen molar-refractivity contribution in [3.05, 3.63) is 29.0 Å². The quantitative estimate of drug-likeness (QED) is 0.790. The summed E-state index contributed by atoms with van der Waals surface area (Å²) in [6.45, 7) is 1.33. The van der Waals surface area contributed by atoms with Gasteiger partial charge in [-0.25, -0.2) is 14.1 Å². The number of carbonyl (C=O) groups is 3. The molecule has 0 aromatic heterocycles. The van der Waals surface area contributed by atoms with Gasteiger partial charge in [0.1, 0.15) is 17.4 Å². The predicted molar refractivity (Wildman–Crippen MR) is 61.6 cm³/mol. The number of urea groups is 1.